The van der Waals surface area contributed by atoms with Gasteiger partial charge >= 0.3 is 5.97 Å². The average molecular weight is 328 g/mol. The van der Waals surface area contributed by atoms with Crippen LogP contribution in [0.1, 0.15) is 16.1 Å². The van der Waals surface area contributed by atoms with Gasteiger partial charge in [-0.3, -0.25) is 0 Å². The summed E-state index contributed by atoms with van der Waals surface area (Å²) in [5.74, 6) is -1.01. The predicted molar refractivity (Wildman–Crippen MR) is 68.0 cm³/mol. The Hall–Kier alpha value is -1.37. The quantitative estimate of drug-likeness (QED) is 0.862. The number of aryl methyl sites for hydroxylation is 1. The van der Waals surface area contributed by atoms with Gasteiger partial charge in [-0.05, 0) is 59.3 Å². The molecular weight excluding hydrogens is 319 g/mol. The number of halogens is 1. The molecule has 2 aromatic rings. The molecule has 0 amide bonds. The molecule has 0 saturated carbocycles. The SMILES string of the molecule is Cc1cc(I)cc(-n2ccc(C(=O)O)n2)c1. The molecule has 0 bridgehead atoms. The zero-order chi connectivity index (χ0) is 11.7. The molecule has 1 N–H and O–H groups in total. The van der Waals surface area contributed by atoms with E-state index < -0.39 is 5.97 Å². The number of rotatable bonds is 2. The summed E-state index contributed by atoms with van der Waals surface area (Å²) in [7, 11) is 0. The van der Waals surface area contributed by atoms with Crippen molar-refractivity contribution in [1.29, 1.82) is 0 Å². The molecule has 0 radical (unpaired) electrons. The lowest BCUT2D eigenvalue weighted by atomic mass is 10.2. The van der Waals surface area contributed by atoms with Gasteiger partial charge in [0.2, 0.25) is 0 Å². The number of hydrogen-bond acceptors (Lipinski definition) is 2. The molecule has 0 fully saturated rings. The Labute approximate surface area is 106 Å². The van der Waals surface area contributed by atoms with Crippen LogP contribution in [-0.2, 0) is 0 Å². The number of aromatic nitrogens is 2. The number of nitrogens with zero attached hydrogens (tertiary/aromatic N) is 2. The monoisotopic (exact) mass is 328 g/mol. The molecule has 0 saturated heterocycles. The lowest BCUT2D eigenvalue weighted by Crippen LogP contribution is -2.01. The molecule has 2 rings (SSSR count). The van der Waals surface area contributed by atoms with Crippen molar-refractivity contribution in [3.8, 4) is 5.69 Å². The second kappa shape index (κ2) is 4.25. The Kier molecular flexibility index (Phi) is 2.95. The lowest BCUT2D eigenvalue weighted by molar-refractivity contribution is 0.0690. The Bertz CT molecular complexity index is 528. The Morgan fingerprint density at radius 1 is 1.44 bits per heavy atom. The summed E-state index contributed by atoms with van der Waals surface area (Å²) in [6.07, 6.45) is 1.65. The van der Waals surface area contributed by atoms with Gasteiger partial charge in [0.15, 0.2) is 5.69 Å². The third kappa shape index (κ3) is 2.24. The van der Waals surface area contributed by atoms with E-state index in [1.54, 1.807) is 10.9 Å². The maximum absolute atomic E-state index is 10.7. The minimum atomic E-state index is -1.01. The molecule has 1 heterocycles. The van der Waals surface area contributed by atoms with Crippen LogP contribution in [0.2, 0.25) is 0 Å². The van der Waals surface area contributed by atoms with Gasteiger partial charge in [-0.2, -0.15) is 5.10 Å². The number of carbonyl (C=O) groups is 1. The van der Waals surface area contributed by atoms with Crippen molar-refractivity contribution in [3.63, 3.8) is 0 Å². The van der Waals surface area contributed by atoms with E-state index in [1.807, 2.05) is 25.1 Å². The van der Waals surface area contributed by atoms with Crippen LogP contribution in [-0.4, -0.2) is 20.9 Å². The summed E-state index contributed by atoms with van der Waals surface area (Å²) in [5.41, 5.74) is 2.04. The predicted octanol–water partition coefficient (Wildman–Crippen LogP) is 2.48. The van der Waals surface area contributed by atoms with Crippen molar-refractivity contribution in [2.45, 2.75) is 6.92 Å². The fraction of sp³-hybridized carbons (Fsp3) is 0.0909. The zero-order valence-electron chi connectivity index (χ0n) is 8.51. The average Bonchev–Trinajstić information content (AvgIpc) is 2.64. The Morgan fingerprint density at radius 2 is 2.19 bits per heavy atom. The molecule has 0 spiro atoms. The topological polar surface area (TPSA) is 55.1 Å². The van der Waals surface area contributed by atoms with Crippen LogP contribution in [0.3, 0.4) is 0 Å². The van der Waals surface area contributed by atoms with E-state index in [9.17, 15) is 4.79 Å². The smallest absolute Gasteiger partial charge is 0.356 e. The van der Waals surface area contributed by atoms with Gasteiger partial charge in [-0.1, -0.05) is 0 Å². The second-order valence-corrected chi connectivity index (χ2v) is 4.68. The summed E-state index contributed by atoms with van der Waals surface area (Å²) < 4.78 is 2.67. The van der Waals surface area contributed by atoms with Crippen molar-refractivity contribution in [2.24, 2.45) is 0 Å². The van der Waals surface area contributed by atoms with Crippen LogP contribution >= 0.6 is 22.6 Å². The van der Waals surface area contributed by atoms with Gasteiger partial charge in [-0.15, -0.1) is 0 Å². The van der Waals surface area contributed by atoms with Crippen LogP contribution in [0.4, 0.5) is 0 Å². The van der Waals surface area contributed by atoms with Gasteiger partial charge in [-0.25, -0.2) is 9.48 Å². The first-order valence-corrected chi connectivity index (χ1v) is 5.70. The number of carboxylic acid groups (broad SMARTS) is 1. The van der Waals surface area contributed by atoms with E-state index in [4.69, 9.17) is 5.11 Å². The molecule has 1 aromatic carbocycles. The van der Waals surface area contributed by atoms with E-state index in [2.05, 4.69) is 27.7 Å². The highest BCUT2D eigenvalue weighted by Gasteiger charge is 2.08. The first-order chi connectivity index (χ1) is 7.56. The van der Waals surface area contributed by atoms with E-state index in [1.165, 1.54) is 6.07 Å². The van der Waals surface area contributed by atoms with Gasteiger partial charge in [0.05, 0.1) is 5.69 Å². The third-order valence-corrected chi connectivity index (χ3v) is 2.72. The highest BCUT2D eigenvalue weighted by atomic mass is 127. The zero-order valence-corrected chi connectivity index (χ0v) is 10.7. The molecular formula is C11H9IN2O2. The summed E-state index contributed by atoms with van der Waals surface area (Å²) in [6, 6.07) is 7.44. The summed E-state index contributed by atoms with van der Waals surface area (Å²) in [5, 5.41) is 12.8. The van der Waals surface area contributed by atoms with Gasteiger partial charge in [0, 0.05) is 9.77 Å². The minimum Gasteiger partial charge on any atom is -0.476 e. The Morgan fingerprint density at radius 3 is 2.75 bits per heavy atom. The minimum absolute atomic E-state index is 0.0523. The number of carboxylic acids is 1. The molecule has 1 aromatic heterocycles. The van der Waals surface area contributed by atoms with E-state index in [0.717, 1.165) is 14.8 Å². The largest absolute Gasteiger partial charge is 0.476 e. The fourth-order valence-electron chi connectivity index (χ4n) is 1.43. The van der Waals surface area contributed by atoms with Crippen LogP contribution in [0.25, 0.3) is 5.69 Å². The maximum atomic E-state index is 10.7. The molecule has 0 unspecified atom stereocenters. The molecule has 16 heavy (non-hydrogen) atoms. The molecule has 0 aliphatic rings. The van der Waals surface area contributed by atoms with Gasteiger partial charge < -0.3 is 5.11 Å². The van der Waals surface area contributed by atoms with Crippen molar-refractivity contribution in [3.05, 3.63) is 45.3 Å². The standard InChI is InChI=1S/C11H9IN2O2/c1-7-4-8(12)6-9(5-7)14-3-2-10(13-14)11(15)16/h2-6H,1H3,(H,15,16). The maximum Gasteiger partial charge on any atom is 0.356 e. The van der Waals surface area contributed by atoms with E-state index >= 15 is 0 Å². The van der Waals surface area contributed by atoms with E-state index in [-0.39, 0.29) is 5.69 Å². The normalized spacial score (nSPS) is 10.4. The van der Waals surface area contributed by atoms with Crippen LogP contribution in [0, 0.1) is 10.5 Å². The van der Waals surface area contributed by atoms with Gasteiger partial charge in [0.1, 0.15) is 0 Å². The summed E-state index contributed by atoms with van der Waals surface area (Å²) in [6.45, 7) is 1.99. The summed E-state index contributed by atoms with van der Waals surface area (Å²) in [4.78, 5) is 10.7. The van der Waals surface area contributed by atoms with Crippen molar-refractivity contribution >= 4 is 28.6 Å². The van der Waals surface area contributed by atoms with Gasteiger partial charge in [0.25, 0.3) is 0 Å². The van der Waals surface area contributed by atoms with E-state index in [0.29, 0.717) is 0 Å². The molecule has 0 atom stereocenters. The van der Waals surface area contributed by atoms with Crippen LogP contribution < -0.4 is 0 Å². The van der Waals surface area contributed by atoms with Crippen LogP contribution in [0.5, 0.6) is 0 Å². The van der Waals surface area contributed by atoms with Crippen molar-refractivity contribution < 1.29 is 9.90 Å². The molecule has 4 nitrogen and oxygen atoms in total. The van der Waals surface area contributed by atoms with Crippen molar-refractivity contribution in [1.82, 2.24) is 9.78 Å². The van der Waals surface area contributed by atoms with Crippen LogP contribution in [0.15, 0.2) is 30.5 Å². The van der Waals surface area contributed by atoms with Crippen molar-refractivity contribution in [2.75, 3.05) is 0 Å². The highest BCUT2D eigenvalue weighted by molar-refractivity contribution is 14.1. The number of hydrogen-bond donors (Lipinski definition) is 1. The second-order valence-electron chi connectivity index (χ2n) is 3.44. The molecule has 82 valence electrons. The first-order valence-electron chi connectivity index (χ1n) is 4.63. The fourth-order valence-corrected chi connectivity index (χ4v) is 2.24. The lowest BCUT2D eigenvalue weighted by Gasteiger charge is -2.03. The molecule has 0 aliphatic carbocycles. The molecule has 5 heteroatoms. The number of aromatic carboxylic acids is 1. The highest BCUT2D eigenvalue weighted by Crippen LogP contribution is 2.15. The molecule has 0 aliphatic heterocycles. The summed E-state index contributed by atoms with van der Waals surface area (Å²) >= 11 is 2.22. The first kappa shape index (κ1) is 11.1. The Balaban J connectivity index is 2.46. The number of benzene rings is 1. The third-order valence-electron chi connectivity index (χ3n) is 2.10.